The molecule has 7 aliphatic rings. The molecule has 125 heavy (non-hydrogen) atoms. The number of unbranched alkanes of at least 4 members (excludes halogenated alkanes) is 1. The van der Waals surface area contributed by atoms with E-state index in [0.717, 1.165) is 56.2 Å². The van der Waals surface area contributed by atoms with E-state index < -0.39 is 7.32 Å². The summed E-state index contributed by atoms with van der Waals surface area (Å²) >= 11 is 9.41. The van der Waals surface area contributed by atoms with Gasteiger partial charge in [0.05, 0.1) is 16.2 Å². The fourth-order valence-electron chi connectivity index (χ4n) is 19.0. The molecule has 22 rings (SSSR count). The summed E-state index contributed by atoms with van der Waals surface area (Å²) in [6.45, 7) is 19.5. The van der Waals surface area contributed by atoms with Gasteiger partial charge in [-0.2, -0.15) is 6.42 Å². The number of ether oxygens (including phenoxy) is 1. The SMILES string of the molecule is Brc1ccccc1-c1ccc2c(c1)-c1ccccc1C21c2ccccc2-c2ccccc21.Brc1ccccc1I.C1CCOC1.CC(C)OB(OC(C)C)OC(C)C.O[B]Oc1ccc2c(c1)-c1ccccc1C21c2ccccc2-c2ccccc21.O[B]Oc1ccccc1-c1ccc2c(c1)-c1ccccc1C21c2ccccc2-c2ccccc21.[CH2-]CCC.[Li+]. The van der Waals surface area contributed by atoms with Crippen LogP contribution in [0.25, 0.3) is 89.0 Å². The Kier molecular flexibility index (Phi) is 29.1. The molecular weight excluding hydrogens is 1780 g/mol. The Morgan fingerprint density at radius 3 is 0.896 bits per heavy atom. The smallest absolute Gasteiger partial charge is 0.537 e. The molecule has 2 N–H and O–H groups in total. The van der Waals surface area contributed by atoms with Gasteiger partial charge in [-0.3, -0.25) is 0 Å². The molecule has 0 saturated carbocycles. The van der Waals surface area contributed by atoms with E-state index >= 15 is 0 Å². The molecule has 1 heterocycles. The number of rotatable bonds is 13. The van der Waals surface area contributed by atoms with E-state index in [4.69, 9.17) is 33.0 Å². The number of benzene rings is 15. The average Bonchev–Trinajstić information content (AvgIpc) is 1.52. The van der Waals surface area contributed by atoms with Crippen LogP contribution in [0.5, 0.6) is 11.5 Å². The maximum atomic E-state index is 9.25. The first-order valence-corrected chi connectivity index (χ1v) is 45.4. The normalized spacial score (nSPS) is 13.5. The Morgan fingerprint density at radius 1 is 0.344 bits per heavy atom. The van der Waals surface area contributed by atoms with Crippen molar-refractivity contribution in [3.63, 3.8) is 0 Å². The van der Waals surface area contributed by atoms with Gasteiger partial charge in [0.15, 0.2) is 0 Å². The van der Waals surface area contributed by atoms with E-state index in [2.05, 4.69) is 359 Å². The first kappa shape index (κ1) is 89.9. The van der Waals surface area contributed by atoms with Gasteiger partial charge in [-0.1, -0.05) is 327 Å². The minimum Gasteiger partial charge on any atom is -0.537 e. The predicted molar refractivity (Wildman–Crippen MR) is 526 cm³/mol. The van der Waals surface area contributed by atoms with Gasteiger partial charge in [-0.25, -0.2) is 0 Å². The van der Waals surface area contributed by atoms with Crippen LogP contribution in [-0.2, 0) is 34.9 Å². The third kappa shape index (κ3) is 17.2. The van der Waals surface area contributed by atoms with Gasteiger partial charge in [-0.05, 0) is 292 Å². The molecule has 616 valence electrons. The monoisotopic (exact) mass is 1870 g/mol. The summed E-state index contributed by atoms with van der Waals surface area (Å²) in [5.74, 6) is 1.26. The molecule has 15 aromatic carbocycles. The zero-order chi connectivity index (χ0) is 86.1. The molecule has 3 spiro atoms. The van der Waals surface area contributed by atoms with Crippen LogP contribution in [0, 0.1) is 10.5 Å². The Balaban J connectivity index is 0.000000124. The Labute approximate surface area is 781 Å². The molecular formula is C110H97B3Br2ILiO8. The molecule has 1 fully saturated rings. The van der Waals surface area contributed by atoms with Crippen LogP contribution in [-0.4, -0.2) is 64.3 Å². The molecule has 15 aromatic rings. The number of para-hydroxylation sites is 1. The number of halogens is 3. The molecule has 1 saturated heterocycles. The van der Waals surface area contributed by atoms with Crippen molar-refractivity contribution in [3.8, 4) is 101 Å². The molecule has 0 atom stereocenters. The summed E-state index contributed by atoms with van der Waals surface area (Å²) in [6, 6.07) is 124. The minimum atomic E-state index is -0.542. The molecule has 6 aliphatic carbocycles. The van der Waals surface area contributed by atoms with Crippen LogP contribution in [0.2, 0.25) is 0 Å². The second-order valence-electron chi connectivity index (χ2n) is 32.2. The van der Waals surface area contributed by atoms with Gasteiger partial charge in [0, 0.05) is 49.6 Å². The first-order valence-electron chi connectivity index (χ1n) is 42.8. The Bertz CT molecular complexity index is 6140. The Hall–Kier alpha value is -9.86. The summed E-state index contributed by atoms with van der Waals surface area (Å²) in [5, 5.41) is 18.3. The van der Waals surface area contributed by atoms with E-state index in [1.165, 1.54) is 166 Å². The maximum absolute atomic E-state index is 9.25. The van der Waals surface area contributed by atoms with Crippen molar-refractivity contribution in [2.24, 2.45) is 0 Å². The molecule has 1 aliphatic heterocycles. The van der Waals surface area contributed by atoms with Crippen molar-refractivity contribution < 1.29 is 56.9 Å². The van der Waals surface area contributed by atoms with E-state index in [0.29, 0.717) is 11.5 Å². The van der Waals surface area contributed by atoms with Crippen LogP contribution < -0.4 is 28.2 Å². The van der Waals surface area contributed by atoms with Crippen molar-refractivity contribution >= 4 is 77.1 Å². The number of hydrogen-bond acceptors (Lipinski definition) is 8. The van der Waals surface area contributed by atoms with Gasteiger partial charge in [-0.15, -0.1) is 0 Å². The summed E-state index contributed by atoms with van der Waals surface area (Å²) in [7, 11) is 0.932. The van der Waals surface area contributed by atoms with Gasteiger partial charge in [0.1, 0.15) is 11.5 Å². The third-order valence-corrected chi connectivity index (χ3v) is 26.9. The zero-order valence-corrected chi connectivity index (χ0v) is 77.1. The summed E-state index contributed by atoms with van der Waals surface area (Å²) in [5.41, 5.74) is 35.1. The van der Waals surface area contributed by atoms with Crippen LogP contribution in [0.3, 0.4) is 0 Å². The minimum absolute atomic E-state index is 0. The van der Waals surface area contributed by atoms with Crippen molar-refractivity contribution in [2.75, 3.05) is 13.2 Å². The molecule has 0 aromatic heterocycles. The molecule has 0 bridgehead atoms. The van der Waals surface area contributed by atoms with Gasteiger partial charge in [0.2, 0.25) is 0 Å². The number of hydrogen-bond donors (Lipinski definition) is 2. The summed E-state index contributed by atoms with van der Waals surface area (Å²) in [4.78, 5) is 0. The molecule has 8 nitrogen and oxygen atoms in total. The first-order chi connectivity index (χ1) is 60.6. The van der Waals surface area contributed by atoms with Gasteiger partial charge in [0.25, 0.3) is 0 Å². The van der Waals surface area contributed by atoms with Crippen molar-refractivity contribution in [1.29, 1.82) is 0 Å². The standard InChI is InChI=1S/C31H20BO2.C31H19Br.C25H16BO2.C9H21BO3.C6H4BrI.C4H8O.C4H9.Li/c33-32-34-30-16-8-4-9-21(30)20-17-18-29-25(19-20)24-12-3-7-15-28(24)31(29)26-13-5-1-10-22(26)23-11-2-6-14-27(23)31;32-30-16-8-4-9-21(30)20-17-18-29-25(19-20)24-12-3-7-15-28(24)31(29)26-13-5-1-10-22(26)23-11-2-6-14-27(23)31;27-26-28-16-13-14-24-20(15-16)19-9-3-6-12-23(19)25(24)21-10-4-1-7-17(21)18-8-2-5-11-22(18)25;1-7(2)11-10(12-8(3)4)13-9(5)6;7-5-3-1-2-4-6(5)8;1-2-4-5-3-1;1-3-4-2;/h1-19,33H;1-19H;1-15,27H;7-9H,1-6H3;1-4H;1-4H2;1,3-4H2,2H3;/q;;;;;;-1;+1. The fourth-order valence-corrected chi connectivity index (χ4v) is 20.2. The van der Waals surface area contributed by atoms with Crippen LogP contribution in [0.1, 0.15) is 141 Å². The molecule has 0 unspecified atom stereocenters. The Morgan fingerprint density at radius 2 is 0.608 bits per heavy atom. The summed E-state index contributed by atoms with van der Waals surface area (Å²) < 4.78 is 35.4. The van der Waals surface area contributed by atoms with Crippen LogP contribution in [0.15, 0.2) is 355 Å². The van der Waals surface area contributed by atoms with E-state index in [1.807, 2.05) is 96.1 Å². The maximum Gasteiger partial charge on any atom is 1.00 e. The van der Waals surface area contributed by atoms with Crippen molar-refractivity contribution in [3.05, 3.63) is 432 Å². The van der Waals surface area contributed by atoms with Gasteiger partial charge >= 0.3 is 41.6 Å². The fraction of sp³-hybridized carbons (Fsp3) is 0.173. The zero-order valence-electron chi connectivity index (χ0n) is 71.8. The van der Waals surface area contributed by atoms with E-state index in [1.54, 1.807) is 0 Å². The van der Waals surface area contributed by atoms with Crippen molar-refractivity contribution in [1.82, 2.24) is 0 Å². The molecule has 2 radical (unpaired) electrons. The predicted octanol–water partition coefficient (Wildman–Crippen LogP) is 24.7. The molecule has 15 heteroatoms. The van der Waals surface area contributed by atoms with Gasteiger partial charge < -0.3 is 45.0 Å². The average molecular weight is 1870 g/mol. The summed E-state index contributed by atoms with van der Waals surface area (Å²) in [6.07, 6.45) is 5.17. The van der Waals surface area contributed by atoms with Crippen molar-refractivity contribution in [2.45, 2.75) is 109 Å². The van der Waals surface area contributed by atoms with Crippen LogP contribution >= 0.6 is 54.5 Å². The second-order valence-corrected chi connectivity index (χ2v) is 35.1. The largest absolute Gasteiger partial charge is 1.00 e. The third-order valence-electron chi connectivity index (χ3n) is 23.9. The second kappa shape index (κ2) is 40.4. The van der Waals surface area contributed by atoms with E-state index in [9.17, 15) is 5.02 Å². The van der Waals surface area contributed by atoms with Crippen LogP contribution in [0.4, 0.5) is 0 Å². The topological polar surface area (TPSA) is 95.8 Å². The quantitative estimate of drug-likeness (QED) is 0.0670. The van der Waals surface area contributed by atoms with E-state index in [-0.39, 0.29) is 53.4 Å². The molecule has 0 amide bonds. The number of fused-ring (bicyclic) bond motifs is 30.